The summed E-state index contributed by atoms with van der Waals surface area (Å²) in [5, 5.41) is 0. The molecule has 2 heteroatoms. The van der Waals surface area contributed by atoms with Crippen LogP contribution in [0.4, 0.5) is 4.39 Å². The first kappa shape index (κ1) is 15.3. The highest BCUT2D eigenvalue weighted by Crippen LogP contribution is 2.22. The molecule has 0 atom stereocenters. The maximum atomic E-state index is 12.9. The maximum absolute atomic E-state index is 12.9. The second-order valence-corrected chi connectivity index (χ2v) is 5.34. The molecule has 3 aromatic rings. The van der Waals surface area contributed by atoms with Gasteiger partial charge in [0, 0.05) is 0 Å². The van der Waals surface area contributed by atoms with Crippen molar-refractivity contribution in [3.8, 4) is 5.75 Å². The SMILES string of the molecule is Fc1ccc([CH]Cc2ccccc2OCc2ccccc2)cc1. The molecule has 0 amide bonds. The summed E-state index contributed by atoms with van der Waals surface area (Å²) < 4.78 is 18.9. The molecule has 0 unspecified atom stereocenters. The third-order valence-electron chi connectivity index (χ3n) is 3.64. The van der Waals surface area contributed by atoms with Crippen LogP contribution in [0.5, 0.6) is 5.75 Å². The third-order valence-corrected chi connectivity index (χ3v) is 3.64. The number of rotatable bonds is 6. The monoisotopic (exact) mass is 305 g/mol. The van der Waals surface area contributed by atoms with Gasteiger partial charge in [-0.3, -0.25) is 0 Å². The lowest BCUT2D eigenvalue weighted by atomic mass is 10.0. The highest BCUT2D eigenvalue weighted by atomic mass is 19.1. The Morgan fingerprint density at radius 3 is 2.26 bits per heavy atom. The number of ether oxygens (including phenoxy) is 1. The largest absolute Gasteiger partial charge is 0.489 e. The molecule has 0 aliphatic rings. The predicted molar refractivity (Wildman–Crippen MR) is 90.7 cm³/mol. The van der Waals surface area contributed by atoms with Crippen LogP contribution in [0.1, 0.15) is 16.7 Å². The lowest BCUT2D eigenvalue weighted by Gasteiger charge is -2.11. The smallest absolute Gasteiger partial charge is 0.123 e. The lowest BCUT2D eigenvalue weighted by molar-refractivity contribution is 0.303. The zero-order valence-electron chi connectivity index (χ0n) is 12.8. The molecule has 0 fully saturated rings. The fraction of sp³-hybridized carbons (Fsp3) is 0.0952. The topological polar surface area (TPSA) is 9.23 Å². The summed E-state index contributed by atoms with van der Waals surface area (Å²) >= 11 is 0. The quantitative estimate of drug-likeness (QED) is 0.608. The van der Waals surface area contributed by atoms with Crippen molar-refractivity contribution in [1.82, 2.24) is 0 Å². The van der Waals surface area contributed by atoms with Gasteiger partial charge in [-0.1, -0.05) is 60.7 Å². The van der Waals surface area contributed by atoms with Crippen molar-refractivity contribution in [2.24, 2.45) is 0 Å². The summed E-state index contributed by atoms with van der Waals surface area (Å²) in [6.07, 6.45) is 2.82. The Bertz CT molecular complexity index is 735. The molecule has 0 bridgehead atoms. The van der Waals surface area contributed by atoms with Gasteiger partial charge in [0.25, 0.3) is 0 Å². The minimum Gasteiger partial charge on any atom is -0.489 e. The van der Waals surface area contributed by atoms with E-state index >= 15 is 0 Å². The van der Waals surface area contributed by atoms with Gasteiger partial charge in [-0.15, -0.1) is 0 Å². The molecule has 0 aliphatic heterocycles. The van der Waals surface area contributed by atoms with E-state index in [1.807, 2.05) is 48.5 Å². The van der Waals surface area contributed by atoms with E-state index in [-0.39, 0.29) is 5.82 Å². The van der Waals surface area contributed by atoms with Crippen LogP contribution in [0.2, 0.25) is 0 Å². The van der Waals surface area contributed by atoms with E-state index < -0.39 is 0 Å². The second kappa shape index (κ2) is 7.59. The first-order chi connectivity index (χ1) is 11.3. The van der Waals surface area contributed by atoms with E-state index in [0.717, 1.165) is 28.9 Å². The number of hydrogen-bond donors (Lipinski definition) is 0. The molecule has 1 nitrogen and oxygen atoms in total. The van der Waals surface area contributed by atoms with E-state index in [2.05, 4.69) is 12.5 Å². The van der Waals surface area contributed by atoms with Crippen molar-refractivity contribution in [3.63, 3.8) is 0 Å². The van der Waals surface area contributed by atoms with Crippen LogP contribution in [-0.2, 0) is 13.0 Å². The molecule has 0 aliphatic carbocycles. The second-order valence-electron chi connectivity index (χ2n) is 5.34. The standard InChI is InChI=1S/C21H18FO/c22-20-14-11-17(12-15-20)10-13-19-8-4-5-9-21(19)23-16-18-6-2-1-3-7-18/h1-12,14-15H,13,16H2. The molecule has 115 valence electrons. The van der Waals surface area contributed by atoms with Gasteiger partial charge in [0.05, 0.1) is 0 Å². The lowest BCUT2D eigenvalue weighted by Crippen LogP contribution is -1.99. The van der Waals surface area contributed by atoms with Gasteiger partial charge >= 0.3 is 0 Å². The molecule has 3 aromatic carbocycles. The third kappa shape index (κ3) is 4.43. The molecule has 0 N–H and O–H groups in total. The molecule has 3 rings (SSSR count). The van der Waals surface area contributed by atoms with E-state index in [0.29, 0.717) is 6.61 Å². The van der Waals surface area contributed by atoms with Crippen molar-refractivity contribution in [2.75, 3.05) is 0 Å². The van der Waals surface area contributed by atoms with Crippen LogP contribution < -0.4 is 4.74 Å². The Balaban J connectivity index is 1.64. The molecule has 0 saturated heterocycles. The van der Waals surface area contributed by atoms with Gasteiger partial charge in [-0.25, -0.2) is 4.39 Å². The number of hydrogen-bond acceptors (Lipinski definition) is 1. The molecule has 0 saturated carbocycles. The van der Waals surface area contributed by atoms with Crippen molar-refractivity contribution in [2.45, 2.75) is 13.0 Å². The molecular formula is C21H18FO. The first-order valence-corrected chi connectivity index (χ1v) is 7.65. The van der Waals surface area contributed by atoms with Gasteiger partial charge < -0.3 is 4.74 Å². The normalized spacial score (nSPS) is 10.5. The Kier molecular flexibility index (Phi) is 5.05. The molecule has 0 aromatic heterocycles. The highest BCUT2D eigenvalue weighted by molar-refractivity contribution is 5.37. The van der Waals surface area contributed by atoms with Crippen molar-refractivity contribution in [1.29, 1.82) is 0 Å². The summed E-state index contributed by atoms with van der Waals surface area (Å²) in [5.41, 5.74) is 3.27. The number of para-hydroxylation sites is 1. The minimum absolute atomic E-state index is 0.214. The van der Waals surface area contributed by atoms with Crippen LogP contribution in [-0.4, -0.2) is 0 Å². The zero-order chi connectivity index (χ0) is 15.9. The minimum atomic E-state index is -0.214. The van der Waals surface area contributed by atoms with Crippen LogP contribution in [0.25, 0.3) is 0 Å². The van der Waals surface area contributed by atoms with Gasteiger partial charge in [-0.05, 0) is 47.7 Å². The van der Waals surface area contributed by atoms with Crippen molar-refractivity contribution >= 4 is 0 Å². The van der Waals surface area contributed by atoms with E-state index in [1.165, 1.54) is 12.1 Å². The van der Waals surface area contributed by atoms with Crippen LogP contribution in [0, 0.1) is 12.2 Å². The number of halogens is 1. The molecule has 0 heterocycles. The van der Waals surface area contributed by atoms with Crippen LogP contribution in [0.3, 0.4) is 0 Å². The van der Waals surface area contributed by atoms with Crippen LogP contribution >= 0.6 is 0 Å². The summed E-state index contributed by atoms with van der Waals surface area (Å²) in [6, 6.07) is 24.6. The van der Waals surface area contributed by atoms with Crippen LogP contribution in [0.15, 0.2) is 78.9 Å². The summed E-state index contributed by atoms with van der Waals surface area (Å²) in [4.78, 5) is 0. The van der Waals surface area contributed by atoms with E-state index in [1.54, 1.807) is 12.1 Å². The highest BCUT2D eigenvalue weighted by Gasteiger charge is 2.04. The molecule has 1 radical (unpaired) electrons. The molecule has 23 heavy (non-hydrogen) atoms. The Morgan fingerprint density at radius 1 is 0.783 bits per heavy atom. The van der Waals surface area contributed by atoms with Gasteiger partial charge in [0.15, 0.2) is 0 Å². The predicted octanol–water partition coefficient (Wildman–Crippen LogP) is 5.20. The summed E-state index contributed by atoms with van der Waals surface area (Å²) in [7, 11) is 0. The average molecular weight is 305 g/mol. The molecular weight excluding hydrogens is 287 g/mol. The number of benzene rings is 3. The van der Waals surface area contributed by atoms with Gasteiger partial charge in [0.2, 0.25) is 0 Å². The first-order valence-electron chi connectivity index (χ1n) is 7.65. The molecule has 0 spiro atoms. The Labute approximate surface area is 136 Å². The van der Waals surface area contributed by atoms with E-state index in [9.17, 15) is 4.39 Å². The average Bonchev–Trinajstić information content (AvgIpc) is 2.61. The summed E-state index contributed by atoms with van der Waals surface area (Å²) in [6.45, 7) is 0.550. The van der Waals surface area contributed by atoms with E-state index in [4.69, 9.17) is 4.74 Å². The Hall–Kier alpha value is -2.61. The fourth-order valence-electron chi connectivity index (χ4n) is 2.38. The van der Waals surface area contributed by atoms with Crippen molar-refractivity contribution in [3.05, 3.63) is 108 Å². The maximum Gasteiger partial charge on any atom is 0.123 e. The fourth-order valence-corrected chi connectivity index (χ4v) is 2.38. The van der Waals surface area contributed by atoms with Crippen molar-refractivity contribution < 1.29 is 9.13 Å². The summed E-state index contributed by atoms with van der Waals surface area (Å²) in [5.74, 6) is 0.670. The Morgan fingerprint density at radius 2 is 1.48 bits per heavy atom. The van der Waals surface area contributed by atoms with Gasteiger partial charge in [0.1, 0.15) is 18.2 Å². The van der Waals surface area contributed by atoms with Gasteiger partial charge in [-0.2, -0.15) is 0 Å². The zero-order valence-corrected chi connectivity index (χ0v) is 12.8.